The van der Waals surface area contributed by atoms with Crippen molar-refractivity contribution in [3.8, 4) is 22.3 Å². The van der Waals surface area contributed by atoms with Crippen molar-refractivity contribution >= 4 is 56.2 Å². The molecule has 2 nitrogen and oxygen atoms in total. The average Bonchev–Trinajstić information content (AvgIpc) is 2.73. The molecule has 0 saturated heterocycles. The Balaban J connectivity index is 2.05. The molecule has 33 heavy (non-hydrogen) atoms. The van der Waals surface area contributed by atoms with Gasteiger partial charge >= 0.3 is 0 Å². The summed E-state index contributed by atoms with van der Waals surface area (Å²) in [4.78, 5) is -0.537. The molecule has 9 heteroatoms. The van der Waals surface area contributed by atoms with Gasteiger partial charge < -0.3 is 0 Å². The van der Waals surface area contributed by atoms with E-state index in [4.69, 9.17) is 46.4 Å². The molecule has 0 fully saturated rings. The number of benzene rings is 4. The molecular formula is C24H12Cl4F2O2S. The Kier molecular flexibility index (Phi) is 6.72. The first kappa shape index (κ1) is 24.0. The second-order valence-electron chi connectivity index (χ2n) is 6.98. The molecule has 0 aliphatic rings. The van der Waals surface area contributed by atoms with E-state index in [-0.39, 0.29) is 52.1 Å². The van der Waals surface area contributed by atoms with Gasteiger partial charge in [0.05, 0.1) is 9.79 Å². The van der Waals surface area contributed by atoms with E-state index in [1.807, 2.05) is 0 Å². The van der Waals surface area contributed by atoms with Gasteiger partial charge in [-0.2, -0.15) is 0 Å². The van der Waals surface area contributed by atoms with Gasteiger partial charge in [0.25, 0.3) is 0 Å². The third-order valence-electron chi connectivity index (χ3n) is 4.93. The SMILES string of the molecule is O=S(=O)(c1ccc(F)cc1-c1c(Cl)cccc1Cl)c1ccc(F)cc1-c1c(Cl)cccc1Cl. The highest BCUT2D eigenvalue weighted by molar-refractivity contribution is 7.91. The summed E-state index contributed by atoms with van der Waals surface area (Å²) in [6, 6.07) is 15.5. The molecule has 0 atom stereocenters. The Labute approximate surface area is 209 Å². The summed E-state index contributed by atoms with van der Waals surface area (Å²) >= 11 is 25.2. The molecule has 0 radical (unpaired) electrons. The van der Waals surface area contributed by atoms with Gasteiger partial charge in [-0.25, -0.2) is 17.2 Å². The van der Waals surface area contributed by atoms with Gasteiger partial charge in [0.2, 0.25) is 9.84 Å². The fourth-order valence-electron chi connectivity index (χ4n) is 3.49. The Morgan fingerprint density at radius 1 is 0.545 bits per heavy atom. The Hall–Kier alpha value is -2.15. The van der Waals surface area contributed by atoms with E-state index >= 15 is 0 Å². The number of sulfone groups is 1. The van der Waals surface area contributed by atoms with E-state index < -0.39 is 21.5 Å². The topological polar surface area (TPSA) is 34.1 Å². The third kappa shape index (κ3) is 4.48. The minimum atomic E-state index is -4.37. The van der Waals surface area contributed by atoms with Gasteiger partial charge in [-0.05, 0) is 60.7 Å². The lowest BCUT2D eigenvalue weighted by atomic mass is 10.1. The third-order valence-corrected chi connectivity index (χ3v) is 8.06. The van der Waals surface area contributed by atoms with Gasteiger partial charge in [-0.3, -0.25) is 0 Å². The highest BCUT2D eigenvalue weighted by Gasteiger charge is 2.29. The molecule has 4 aromatic carbocycles. The molecule has 0 aliphatic heterocycles. The van der Waals surface area contributed by atoms with E-state index in [0.717, 1.165) is 36.4 Å². The van der Waals surface area contributed by atoms with Crippen LogP contribution in [0.15, 0.2) is 82.6 Å². The van der Waals surface area contributed by atoms with Crippen molar-refractivity contribution in [3.63, 3.8) is 0 Å². The average molecular weight is 544 g/mol. The lowest BCUT2D eigenvalue weighted by Crippen LogP contribution is -2.07. The lowest BCUT2D eigenvalue weighted by molar-refractivity contribution is 0.594. The molecule has 0 amide bonds. The highest BCUT2D eigenvalue weighted by atomic mass is 35.5. The first-order chi connectivity index (χ1) is 15.6. The van der Waals surface area contributed by atoms with Crippen LogP contribution in [0.5, 0.6) is 0 Å². The van der Waals surface area contributed by atoms with Crippen molar-refractivity contribution in [2.75, 3.05) is 0 Å². The van der Waals surface area contributed by atoms with Gasteiger partial charge in [-0.15, -0.1) is 0 Å². The lowest BCUT2D eigenvalue weighted by Gasteiger charge is -2.17. The summed E-state index contributed by atoms with van der Waals surface area (Å²) < 4.78 is 56.2. The summed E-state index contributed by atoms with van der Waals surface area (Å²) in [5, 5.41) is 0.548. The smallest absolute Gasteiger partial charge is 0.207 e. The van der Waals surface area contributed by atoms with Crippen molar-refractivity contribution < 1.29 is 17.2 Å². The van der Waals surface area contributed by atoms with Crippen LogP contribution in [0.25, 0.3) is 22.3 Å². The van der Waals surface area contributed by atoms with Crippen LogP contribution in [0.4, 0.5) is 8.78 Å². The Bertz CT molecular complexity index is 1360. The van der Waals surface area contributed by atoms with Crippen LogP contribution in [0.2, 0.25) is 20.1 Å². The van der Waals surface area contributed by atoms with Crippen LogP contribution in [0, 0.1) is 11.6 Å². The molecule has 4 aromatic rings. The van der Waals surface area contributed by atoms with E-state index in [9.17, 15) is 17.2 Å². The number of halogens is 6. The molecule has 4 rings (SSSR count). The van der Waals surface area contributed by atoms with Crippen molar-refractivity contribution in [1.29, 1.82) is 0 Å². The zero-order valence-electron chi connectivity index (χ0n) is 16.4. The highest BCUT2D eigenvalue weighted by Crippen LogP contribution is 2.44. The normalized spacial score (nSPS) is 11.6. The fraction of sp³-hybridized carbons (Fsp3) is 0. The largest absolute Gasteiger partial charge is 0.218 e. The maximum atomic E-state index is 14.2. The van der Waals surface area contributed by atoms with Crippen LogP contribution in [-0.4, -0.2) is 8.42 Å². The van der Waals surface area contributed by atoms with Gasteiger partial charge in [0.1, 0.15) is 11.6 Å². The number of hydrogen-bond acceptors (Lipinski definition) is 2. The first-order valence-corrected chi connectivity index (χ1v) is 12.3. The monoisotopic (exact) mass is 542 g/mol. The minimum Gasteiger partial charge on any atom is -0.218 e. The van der Waals surface area contributed by atoms with Crippen LogP contribution in [0.1, 0.15) is 0 Å². The quantitative estimate of drug-likeness (QED) is 0.241. The zero-order chi connectivity index (χ0) is 23.9. The standard InChI is InChI=1S/C24H12Cl4F2O2S/c25-17-3-1-4-18(26)23(17)15-11-13(29)7-9-21(15)33(31,32)22-10-8-14(30)12-16(22)24-19(27)5-2-6-20(24)28/h1-12H. The number of rotatable bonds is 4. The Morgan fingerprint density at radius 3 is 1.21 bits per heavy atom. The molecule has 0 aromatic heterocycles. The second-order valence-corrected chi connectivity index (χ2v) is 10.5. The van der Waals surface area contributed by atoms with Crippen molar-refractivity contribution in [1.82, 2.24) is 0 Å². The fourth-order valence-corrected chi connectivity index (χ4v) is 6.33. The van der Waals surface area contributed by atoms with Crippen molar-refractivity contribution in [2.45, 2.75) is 9.79 Å². The molecule has 0 saturated carbocycles. The molecule has 0 heterocycles. The second kappa shape index (κ2) is 9.24. The maximum absolute atomic E-state index is 14.2. The van der Waals surface area contributed by atoms with E-state index in [2.05, 4.69) is 0 Å². The van der Waals surface area contributed by atoms with E-state index in [1.165, 1.54) is 24.3 Å². The minimum absolute atomic E-state index is 0.0360. The van der Waals surface area contributed by atoms with Crippen LogP contribution in [0.3, 0.4) is 0 Å². The molecular weight excluding hydrogens is 532 g/mol. The molecule has 0 unspecified atom stereocenters. The van der Waals surface area contributed by atoms with Gasteiger partial charge in [0, 0.05) is 42.3 Å². The summed E-state index contributed by atoms with van der Waals surface area (Å²) in [6.07, 6.45) is 0. The number of hydrogen-bond donors (Lipinski definition) is 0. The van der Waals surface area contributed by atoms with Crippen molar-refractivity contribution in [3.05, 3.63) is 105 Å². The predicted molar refractivity (Wildman–Crippen MR) is 129 cm³/mol. The maximum Gasteiger partial charge on any atom is 0.207 e. The van der Waals surface area contributed by atoms with Crippen LogP contribution < -0.4 is 0 Å². The predicted octanol–water partition coefficient (Wildman–Crippen LogP) is 8.75. The van der Waals surface area contributed by atoms with Gasteiger partial charge in [0.15, 0.2) is 0 Å². The van der Waals surface area contributed by atoms with Gasteiger partial charge in [-0.1, -0.05) is 58.5 Å². The first-order valence-electron chi connectivity index (χ1n) is 9.34. The van der Waals surface area contributed by atoms with E-state index in [0.29, 0.717) is 0 Å². The summed E-state index contributed by atoms with van der Waals surface area (Å²) in [5.74, 6) is -1.37. The van der Waals surface area contributed by atoms with E-state index in [1.54, 1.807) is 12.1 Å². The zero-order valence-corrected chi connectivity index (χ0v) is 20.3. The summed E-state index contributed by atoms with van der Waals surface area (Å²) in [7, 11) is -4.37. The molecule has 0 N–H and O–H groups in total. The van der Waals surface area contributed by atoms with Crippen LogP contribution >= 0.6 is 46.4 Å². The summed E-state index contributed by atoms with van der Waals surface area (Å²) in [5.41, 5.74) is 0.231. The molecule has 0 aliphatic carbocycles. The molecule has 0 bridgehead atoms. The molecule has 0 spiro atoms. The van der Waals surface area contributed by atoms with Crippen molar-refractivity contribution in [2.24, 2.45) is 0 Å². The summed E-state index contributed by atoms with van der Waals surface area (Å²) in [6.45, 7) is 0. The Morgan fingerprint density at radius 2 is 0.879 bits per heavy atom. The molecule has 168 valence electrons. The van der Waals surface area contributed by atoms with Crippen LogP contribution in [-0.2, 0) is 9.84 Å².